The van der Waals surface area contributed by atoms with Gasteiger partial charge in [0.1, 0.15) is 18.7 Å². The van der Waals surface area contributed by atoms with E-state index >= 15 is 0 Å². The van der Waals surface area contributed by atoms with Gasteiger partial charge in [-0.05, 0) is 12.5 Å². The van der Waals surface area contributed by atoms with Crippen LogP contribution in [-0.4, -0.2) is 64.7 Å². The van der Waals surface area contributed by atoms with Crippen molar-refractivity contribution in [3.8, 4) is 0 Å². The van der Waals surface area contributed by atoms with Crippen molar-refractivity contribution in [1.29, 1.82) is 0 Å². The molecule has 0 saturated carbocycles. The number of urea groups is 1. The van der Waals surface area contributed by atoms with Gasteiger partial charge in [0.25, 0.3) is 6.36 Å². The van der Waals surface area contributed by atoms with E-state index in [1.54, 1.807) is 6.92 Å². The number of hydrogen-bond acceptors (Lipinski definition) is 6. The average Bonchev–Trinajstić information content (AvgIpc) is 2.64. The molecule has 2 bridgehead atoms. The van der Waals surface area contributed by atoms with Crippen molar-refractivity contribution < 1.29 is 52.7 Å². The molecular weight excluding hydrogens is 296 g/mol. The number of rotatable bonds is 5. The predicted molar refractivity (Wildman–Crippen MR) is 61.5 cm³/mol. The van der Waals surface area contributed by atoms with Gasteiger partial charge >= 0.3 is 24.9 Å². The first-order valence-corrected chi connectivity index (χ1v) is 6.05. The Labute approximate surface area is 136 Å². The fraction of sp³-hybridized carbons (Fsp3) is 0.545. The summed E-state index contributed by atoms with van der Waals surface area (Å²) in [5, 5.41) is 21.8. The second-order valence-corrected chi connectivity index (χ2v) is 4.58. The fourth-order valence-corrected chi connectivity index (χ4v) is 2.39. The molecule has 0 aromatic rings. The molecular formula is C11H13FLiN3O6. The van der Waals surface area contributed by atoms with Gasteiger partial charge in [-0.1, -0.05) is 6.08 Å². The maximum absolute atomic E-state index is 13.1. The quantitative estimate of drug-likeness (QED) is 0.297. The van der Waals surface area contributed by atoms with Crippen LogP contribution in [-0.2, 0) is 14.4 Å². The molecule has 2 aliphatic rings. The number of hydrogen-bond donors (Lipinski definition) is 2. The number of nitrogens with one attached hydrogen (secondary N) is 1. The number of fused-ring (bicyclic) bond motifs is 2. The number of aliphatic carboxylic acids is 1. The Kier molecular flexibility index (Phi) is 5.96. The normalized spacial score (nSPS) is 24.5. The minimum absolute atomic E-state index is 0. The van der Waals surface area contributed by atoms with Crippen LogP contribution in [0.4, 0.5) is 9.18 Å². The van der Waals surface area contributed by atoms with Crippen LogP contribution < -0.4 is 29.3 Å². The summed E-state index contributed by atoms with van der Waals surface area (Å²) in [6, 6.07) is -2.50. The Morgan fingerprint density at radius 2 is 2.27 bits per heavy atom. The monoisotopic (exact) mass is 309 g/mol. The number of amides is 3. The van der Waals surface area contributed by atoms with Crippen LogP contribution in [0.15, 0.2) is 11.6 Å². The molecule has 2 aliphatic heterocycles. The molecule has 11 heteroatoms. The van der Waals surface area contributed by atoms with E-state index in [1.807, 2.05) is 0 Å². The van der Waals surface area contributed by atoms with E-state index < -0.39 is 43.1 Å². The minimum Gasteiger partial charge on any atom is -0.544 e. The third-order valence-corrected chi connectivity index (χ3v) is 3.21. The largest absolute Gasteiger partial charge is 1.00 e. The Morgan fingerprint density at radius 3 is 2.82 bits per heavy atom. The van der Waals surface area contributed by atoms with E-state index in [0.29, 0.717) is 10.6 Å². The summed E-state index contributed by atoms with van der Waals surface area (Å²) in [5.74, 6) is -2.70. The molecule has 2 N–H and O–H groups in total. The van der Waals surface area contributed by atoms with Gasteiger partial charge in [-0.2, -0.15) is 5.06 Å². The predicted octanol–water partition coefficient (Wildman–Crippen LogP) is -5.53. The summed E-state index contributed by atoms with van der Waals surface area (Å²) in [6.07, 6.45) is -1.28. The summed E-state index contributed by atoms with van der Waals surface area (Å²) < 4.78 is 13.1. The first-order valence-electron chi connectivity index (χ1n) is 6.05. The van der Waals surface area contributed by atoms with Crippen LogP contribution in [0.2, 0.25) is 0 Å². The van der Waals surface area contributed by atoms with E-state index in [-0.39, 0.29) is 25.4 Å². The number of alkyl halides is 1. The number of hydroxylamine groups is 2. The van der Waals surface area contributed by atoms with Gasteiger partial charge in [0, 0.05) is 0 Å². The topological polar surface area (TPSA) is 122 Å². The SMILES string of the molecule is CC1=C[C@@H]2CN(C(=O)N2O[C@@H](F)C(=O)[O-])[C@@H]1C(=O)NCO.[Li+]. The number of nitrogens with zero attached hydrogens (tertiary/aromatic N) is 2. The Bertz CT molecular complexity index is 516. The molecule has 0 aromatic carbocycles. The number of carbonyl (C=O) groups is 3. The molecule has 0 aromatic heterocycles. The zero-order chi connectivity index (χ0) is 15.7. The molecule has 1 fully saturated rings. The van der Waals surface area contributed by atoms with Crippen LogP contribution in [0.25, 0.3) is 0 Å². The maximum Gasteiger partial charge on any atom is 1.00 e. The van der Waals surface area contributed by atoms with E-state index in [1.165, 1.54) is 6.08 Å². The van der Waals surface area contributed by atoms with Crippen molar-refractivity contribution >= 4 is 17.9 Å². The molecule has 2 heterocycles. The smallest absolute Gasteiger partial charge is 0.544 e. The standard InChI is InChI=1S/C11H14FN3O6.Li/c1-5-2-6-3-14(7(5)9(17)13-4-16)11(20)15(6)21-8(12)10(18)19;/h2,6-8,16H,3-4H2,1H3,(H,13,17)(H,18,19);/q;+1/p-1/t6-,7+,8-;/m1./s1. The molecule has 3 atom stereocenters. The van der Waals surface area contributed by atoms with Gasteiger partial charge in [0.2, 0.25) is 5.91 Å². The first kappa shape index (κ1) is 18.4. The molecule has 2 rings (SSSR count). The van der Waals surface area contributed by atoms with Crippen molar-refractivity contribution in [2.24, 2.45) is 0 Å². The van der Waals surface area contributed by atoms with E-state index in [2.05, 4.69) is 10.2 Å². The van der Waals surface area contributed by atoms with Crippen LogP contribution in [0, 0.1) is 0 Å². The van der Waals surface area contributed by atoms with Crippen molar-refractivity contribution in [3.05, 3.63) is 11.6 Å². The summed E-state index contributed by atoms with van der Waals surface area (Å²) in [6.45, 7) is 1.04. The molecule has 116 valence electrons. The fourth-order valence-electron chi connectivity index (χ4n) is 2.39. The molecule has 22 heavy (non-hydrogen) atoms. The number of carboxylic acid groups (broad SMARTS) is 1. The molecule has 0 unspecified atom stereocenters. The number of carbonyl (C=O) groups excluding carboxylic acids is 3. The van der Waals surface area contributed by atoms with Crippen LogP contribution >= 0.6 is 0 Å². The number of carboxylic acids is 1. The zero-order valence-electron chi connectivity index (χ0n) is 12.0. The summed E-state index contributed by atoms with van der Waals surface area (Å²) in [5.41, 5.74) is 0.500. The van der Waals surface area contributed by atoms with Crippen LogP contribution in [0.5, 0.6) is 0 Å². The summed E-state index contributed by atoms with van der Waals surface area (Å²) in [4.78, 5) is 39.8. The van der Waals surface area contributed by atoms with Gasteiger partial charge in [0.15, 0.2) is 0 Å². The minimum atomic E-state index is -2.78. The van der Waals surface area contributed by atoms with Gasteiger partial charge < -0.3 is 25.2 Å². The maximum atomic E-state index is 13.1. The zero-order valence-corrected chi connectivity index (χ0v) is 12.0. The van der Waals surface area contributed by atoms with Crippen LogP contribution in [0.3, 0.4) is 0 Å². The van der Waals surface area contributed by atoms with Gasteiger partial charge in [-0.15, -0.1) is 0 Å². The van der Waals surface area contributed by atoms with E-state index in [9.17, 15) is 23.9 Å². The first-order chi connectivity index (χ1) is 9.86. The van der Waals surface area contributed by atoms with Crippen molar-refractivity contribution in [2.75, 3.05) is 13.3 Å². The Morgan fingerprint density at radius 1 is 1.64 bits per heavy atom. The third kappa shape index (κ3) is 3.25. The van der Waals surface area contributed by atoms with Crippen molar-refractivity contribution in [1.82, 2.24) is 15.3 Å². The average molecular weight is 309 g/mol. The van der Waals surface area contributed by atoms with Crippen molar-refractivity contribution in [3.63, 3.8) is 0 Å². The Balaban J connectivity index is 0.00000242. The third-order valence-electron chi connectivity index (χ3n) is 3.21. The molecule has 3 amide bonds. The summed E-state index contributed by atoms with van der Waals surface area (Å²) in [7, 11) is 0. The van der Waals surface area contributed by atoms with Crippen molar-refractivity contribution in [2.45, 2.75) is 25.4 Å². The Hall–Kier alpha value is -1.60. The van der Waals surface area contributed by atoms with Gasteiger partial charge in [0.05, 0.1) is 12.6 Å². The molecule has 0 aliphatic carbocycles. The molecule has 1 saturated heterocycles. The second kappa shape index (κ2) is 7.11. The van der Waals surface area contributed by atoms with E-state index in [4.69, 9.17) is 5.11 Å². The van der Waals surface area contributed by atoms with E-state index in [0.717, 1.165) is 4.90 Å². The molecule has 0 radical (unpaired) electrons. The van der Waals surface area contributed by atoms with Gasteiger partial charge in [-0.25, -0.2) is 14.0 Å². The van der Waals surface area contributed by atoms with Crippen LogP contribution in [0.1, 0.15) is 6.92 Å². The number of halogens is 1. The molecule has 9 nitrogen and oxygen atoms in total. The second-order valence-electron chi connectivity index (χ2n) is 4.58. The van der Waals surface area contributed by atoms with Gasteiger partial charge in [-0.3, -0.25) is 4.79 Å². The summed E-state index contributed by atoms with van der Waals surface area (Å²) >= 11 is 0. The number of aliphatic hydroxyl groups is 1. The molecule has 0 spiro atoms. The number of aliphatic hydroxyl groups excluding tert-OH is 1.